The Balaban J connectivity index is 1.92. The summed E-state index contributed by atoms with van der Waals surface area (Å²) in [5, 5.41) is 9.17. The number of aromatic nitrogens is 2. The van der Waals surface area contributed by atoms with Crippen LogP contribution >= 0.6 is 0 Å². The Kier molecular flexibility index (Phi) is 4.72. The van der Waals surface area contributed by atoms with Crippen LogP contribution in [0.4, 0.5) is 5.82 Å². The van der Waals surface area contributed by atoms with Crippen molar-refractivity contribution in [3.05, 3.63) is 54.0 Å². The van der Waals surface area contributed by atoms with E-state index >= 15 is 0 Å². The number of carboxylic acids is 1. The van der Waals surface area contributed by atoms with Crippen LogP contribution in [0, 0.1) is 5.41 Å². The van der Waals surface area contributed by atoms with E-state index in [1.807, 2.05) is 30.3 Å². The van der Waals surface area contributed by atoms with Gasteiger partial charge in [0.2, 0.25) is 0 Å². The average molecular weight is 341 g/mol. The van der Waals surface area contributed by atoms with Gasteiger partial charge in [0.1, 0.15) is 11.9 Å². The minimum Gasteiger partial charge on any atom is -0.476 e. The van der Waals surface area contributed by atoms with Crippen LogP contribution in [0.3, 0.4) is 0 Å². The van der Waals surface area contributed by atoms with E-state index < -0.39 is 5.97 Å². The van der Waals surface area contributed by atoms with Gasteiger partial charge in [-0.05, 0) is 11.0 Å². The summed E-state index contributed by atoms with van der Waals surface area (Å²) in [7, 11) is 0. The van der Waals surface area contributed by atoms with Crippen molar-refractivity contribution in [2.45, 2.75) is 33.0 Å². The lowest BCUT2D eigenvalue weighted by atomic mass is 9.87. The third kappa shape index (κ3) is 3.96. The van der Waals surface area contributed by atoms with Gasteiger partial charge < -0.3 is 14.7 Å². The molecule has 1 fully saturated rings. The first kappa shape index (κ1) is 17.4. The lowest BCUT2D eigenvalue weighted by Gasteiger charge is -2.44. The minimum absolute atomic E-state index is 0.0123. The number of ether oxygens (including phenoxy) is 1. The second-order valence-electron chi connectivity index (χ2n) is 7.36. The molecule has 2 aromatic rings. The third-order valence-electron chi connectivity index (χ3n) is 4.40. The molecule has 3 rings (SSSR count). The van der Waals surface area contributed by atoms with Crippen molar-refractivity contribution in [3.8, 4) is 0 Å². The molecule has 6 nitrogen and oxygen atoms in total. The van der Waals surface area contributed by atoms with Gasteiger partial charge in [0.15, 0.2) is 5.69 Å². The van der Waals surface area contributed by atoms with Gasteiger partial charge in [0.25, 0.3) is 0 Å². The summed E-state index contributed by atoms with van der Waals surface area (Å²) in [6.45, 7) is 7.67. The van der Waals surface area contributed by atoms with Crippen LogP contribution in [-0.2, 0) is 4.74 Å². The molecule has 0 unspecified atom stereocenters. The molecule has 1 N–H and O–H groups in total. The molecular weight excluding hydrogens is 318 g/mol. The topological polar surface area (TPSA) is 75.6 Å². The maximum absolute atomic E-state index is 11.2. The fraction of sp³-hybridized carbons (Fsp3) is 0.421. The summed E-state index contributed by atoms with van der Waals surface area (Å²) >= 11 is 0. The van der Waals surface area contributed by atoms with Gasteiger partial charge in [0.05, 0.1) is 18.5 Å². The van der Waals surface area contributed by atoms with E-state index in [4.69, 9.17) is 4.74 Å². The highest BCUT2D eigenvalue weighted by Crippen LogP contribution is 2.34. The van der Waals surface area contributed by atoms with Crippen molar-refractivity contribution < 1.29 is 14.6 Å². The number of carboxylic acid groups (broad SMARTS) is 1. The number of benzene rings is 1. The summed E-state index contributed by atoms with van der Waals surface area (Å²) in [6.07, 6.45) is 2.76. The molecule has 6 heteroatoms. The lowest BCUT2D eigenvalue weighted by molar-refractivity contribution is -0.0793. The number of morpholine rings is 1. The Bertz CT molecular complexity index is 743. The Morgan fingerprint density at radius 2 is 1.92 bits per heavy atom. The lowest BCUT2D eigenvalue weighted by Crippen LogP contribution is -2.49. The molecule has 1 aromatic carbocycles. The zero-order valence-electron chi connectivity index (χ0n) is 14.7. The van der Waals surface area contributed by atoms with E-state index in [0.717, 1.165) is 5.56 Å². The van der Waals surface area contributed by atoms with Crippen LogP contribution < -0.4 is 4.90 Å². The van der Waals surface area contributed by atoms with Crippen molar-refractivity contribution in [1.29, 1.82) is 0 Å². The quantitative estimate of drug-likeness (QED) is 0.924. The zero-order chi connectivity index (χ0) is 18.0. The monoisotopic (exact) mass is 341 g/mol. The van der Waals surface area contributed by atoms with Crippen LogP contribution in [0.25, 0.3) is 0 Å². The van der Waals surface area contributed by atoms with Crippen LogP contribution in [-0.4, -0.2) is 40.2 Å². The van der Waals surface area contributed by atoms with Gasteiger partial charge in [0, 0.05) is 13.1 Å². The molecule has 0 bridgehead atoms. The van der Waals surface area contributed by atoms with Crippen molar-refractivity contribution in [1.82, 2.24) is 9.97 Å². The molecule has 1 saturated heterocycles. The first-order valence-electron chi connectivity index (χ1n) is 8.35. The van der Waals surface area contributed by atoms with Gasteiger partial charge >= 0.3 is 5.97 Å². The molecule has 0 radical (unpaired) electrons. The van der Waals surface area contributed by atoms with E-state index in [1.165, 1.54) is 6.20 Å². The second-order valence-corrected chi connectivity index (χ2v) is 7.36. The highest BCUT2D eigenvalue weighted by molar-refractivity contribution is 5.85. The Morgan fingerprint density at radius 1 is 1.20 bits per heavy atom. The van der Waals surface area contributed by atoms with E-state index in [9.17, 15) is 9.90 Å². The van der Waals surface area contributed by atoms with Gasteiger partial charge in [-0.25, -0.2) is 9.78 Å². The summed E-state index contributed by atoms with van der Waals surface area (Å²) in [5.74, 6) is -0.507. The van der Waals surface area contributed by atoms with Gasteiger partial charge in [-0.1, -0.05) is 51.1 Å². The van der Waals surface area contributed by atoms with E-state index in [-0.39, 0.29) is 23.3 Å². The molecular formula is C19H23N3O3. The molecule has 2 heterocycles. The van der Waals surface area contributed by atoms with Gasteiger partial charge in [-0.3, -0.25) is 4.98 Å². The van der Waals surface area contributed by atoms with Gasteiger partial charge in [-0.2, -0.15) is 0 Å². The van der Waals surface area contributed by atoms with Crippen molar-refractivity contribution in [2.24, 2.45) is 5.41 Å². The normalized spacial score (nSPS) is 21.2. The van der Waals surface area contributed by atoms with Crippen molar-refractivity contribution in [2.75, 3.05) is 18.0 Å². The van der Waals surface area contributed by atoms with Crippen LogP contribution in [0.5, 0.6) is 0 Å². The predicted octanol–water partition coefficient (Wildman–Crippen LogP) is 3.17. The average Bonchev–Trinajstić information content (AvgIpc) is 2.61. The number of hydrogen-bond donors (Lipinski definition) is 1. The molecule has 0 saturated carbocycles. The SMILES string of the molecule is CC(C)(C)[C@H]1CN(c2cncc(C(=O)O)n2)C[C@@H](c2ccccc2)O1. The first-order valence-corrected chi connectivity index (χ1v) is 8.35. The predicted molar refractivity (Wildman–Crippen MR) is 94.7 cm³/mol. The zero-order valence-corrected chi connectivity index (χ0v) is 14.7. The van der Waals surface area contributed by atoms with E-state index in [0.29, 0.717) is 18.9 Å². The number of nitrogens with zero attached hydrogens (tertiary/aromatic N) is 3. The standard InChI is InChI=1S/C19H23N3O3/c1-19(2,3)16-12-22(17-10-20-9-14(21-17)18(23)24)11-15(25-16)13-7-5-4-6-8-13/h4-10,15-16H,11-12H2,1-3H3,(H,23,24)/t15-,16+/m0/s1. The molecule has 1 aliphatic rings. The van der Waals surface area contributed by atoms with Crippen LogP contribution in [0.1, 0.15) is 42.9 Å². The molecule has 132 valence electrons. The Labute approximate surface area is 147 Å². The number of anilines is 1. The summed E-state index contributed by atoms with van der Waals surface area (Å²) in [4.78, 5) is 21.6. The van der Waals surface area contributed by atoms with Gasteiger partial charge in [-0.15, -0.1) is 0 Å². The van der Waals surface area contributed by atoms with Crippen LogP contribution in [0.15, 0.2) is 42.7 Å². The largest absolute Gasteiger partial charge is 0.476 e. The number of rotatable bonds is 3. The van der Waals surface area contributed by atoms with E-state index in [2.05, 4.69) is 35.6 Å². The number of hydrogen-bond acceptors (Lipinski definition) is 5. The molecule has 0 aliphatic carbocycles. The molecule has 25 heavy (non-hydrogen) atoms. The molecule has 2 atom stereocenters. The summed E-state index contributed by atoms with van der Waals surface area (Å²) in [5.41, 5.74) is 1.00. The fourth-order valence-corrected chi connectivity index (χ4v) is 2.89. The molecule has 0 amide bonds. The first-order chi connectivity index (χ1) is 11.8. The summed E-state index contributed by atoms with van der Waals surface area (Å²) in [6, 6.07) is 10.1. The molecule has 1 aliphatic heterocycles. The molecule has 1 aromatic heterocycles. The Hall–Kier alpha value is -2.47. The smallest absolute Gasteiger partial charge is 0.356 e. The van der Waals surface area contributed by atoms with Crippen LogP contribution in [0.2, 0.25) is 0 Å². The van der Waals surface area contributed by atoms with Crippen molar-refractivity contribution in [3.63, 3.8) is 0 Å². The maximum Gasteiger partial charge on any atom is 0.356 e. The highest BCUT2D eigenvalue weighted by atomic mass is 16.5. The highest BCUT2D eigenvalue weighted by Gasteiger charge is 2.36. The van der Waals surface area contributed by atoms with Crippen molar-refractivity contribution >= 4 is 11.8 Å². The minimum atomic E-state index is -1.07. The maximum atomic E-state index is 11.2. The second kappa shape index (κ2) is 6.80. The molecule has 0 spiro atoms. The fourth-order valence-electron chi connectivity index (χ4n) is 2.89. The summed E-state index contributed by atoms with van der Waals surface area (Å²) < 4.78 is 6.36. The third-order valence-corrected chi connectivity index (χ3v) is 4.40. The number of aromatic carboxylic acids is 1. The number of carbonyl (C=O) groups is 1. The Morgan fingerprint density at radius 3 is 2.56 bits per heavy atom. The van der Waals surface area contributed by atoms with E-state index in [1.54, 1.807) is 6.20 Å².